The minimum atomic E-state index is 0.569. The second-order valence-electron chi connectivity index (χ2n) is 13.5. The van der Waals surface area contributed by atoms with Crippen LogP contribution in [-0.4, -0.2) is 15.0 Å². The zero-order chi connectivity index (χ0) is 35.6. The Kier molecular flexibility index (Phi) is 7.00. The first-order chi connectivity index (χ1) is 26.8. The molecule has 0 amide bonds. The summed E-state index contributed by atoms with van der Waals surface area (Å²) in [6.45, 7) is 0. The number of rotatable bonds is 5. The van der Waals surface area contributed by atoms with Crippen LogP contribution in [0.4, 0.5) is 0 Å². The van der Waals surface area contributed by atoms with Gasteiger partial charge in [-0.1, -0.05) is 164 Å². The van der Waals surface area contributed by atoms with Crippen LogP contribution in [0.15, 0.2) is 180 Å². The number of aromatic nitrogens is 3. The first-order valence-electron chi connectivity index (χ1n) is 18.0. The average molecular weight is 708 g/mol. The molecule has 0 unspecified atom stereocenters. The summed E-state index contributed by atoms with van der Waals surface area (Å²) in [5.74, 6) is 1.81. The molecule has 252 valence electrons. The number of hydrogen-bond acceptors (Lipinski definition) is 5. The molecule has 0 aliphatic carbocycles. The third-order valence-electron chi connectivity index (χ3n) is 10.4. The molecule has 5 heteroatoms. The van der Waals surface area contributed by atoms with E-state index in [0.29, 0.717) is 17.5 Å². The van der Waals surface area contributed by atoms with E-state index in [0.717, 1.165) is 54.5 Å². The van der Waals surface area contributed by atoms with Crippen LogP contribution >= 0.6 is 11.3 Å². The largest absolute Gasteiger partial charge is 0.455 e. The van der Waals surface area contributed by atoms with Crippen LogP contribution in [0.25, 0.3) is 109 Å². The highest BCUT2D eigenvalue weighted by Crippen LogP contribution is 2.45. The second kappa shape index (κ2) is 12.3. The molecule has 11 aromatic rings. The minimum absolute atomic E-state index is 0.569. The van der Waals surface area contributed by atoms with Gasteiger partial charge in [-0.05, 0) is 34.0 Å². The van der Waals surface area contributed by atoms with Crippen LogP contribution in [0, 0.1) is 0 Å². The van der Waals surface area contributed by atoms with Gasteiger partial charge >= 0.3 is 0 Å². The highest BCUT2D eigenvalue weighted by molar-refractivity contribution is 7.26. The molecule has 0 bridgehead atoms. The van der Waals surface area contributed by atoms with Crippen molar-refractivity contribution in [2.45, 2.75) is 0 Å². The summed E-state index contributed by atoms with van der Waals surface area (Å²) >= 11 is 1.80. The highest BCUT2D eigenvalue weighted by Gasteiger charge is 2.21. The topological polar surface area (TPSA) is 51.8 Å². The molecule has 4 nitrogen and oxygen atoms in total. The van der Waals surface area contributed by atoms with E-state index in [1.165, 1.54) is 37.4 Å². The van der Waals surface area contributed by atoms with Crippen LogP contribution in [0.3, 0.4) is 0 Å². The molecule has 0 aliphatic heterocycles. The molecule has 0 atom stereocenters. The van der Waals surface area contributed by atoms with E-state index in [1.54, 1.807) is 11.3 Å². The molecule has 0 N–H and O–H groups in total. The van der Waals surface area contributed by atoms with Crippen molar-refractivity contribution in [2.24, 2.45) is 0 Å². The summed E-state index contributed by atoms with van der Waals surface area (Å²) in [6, 6.07) is 61.4. The molecular weight excluding hydrogens is 679 g/mol. The molecule has 0 saturated carbocycles. The van der Waals surface area contributed by atoms with Crippen LogP contribution in [0.2, 0.25) is 0 Å². The average Bonchev–Trinajstić information content (AvgIpc) is 3.83. The van der Waals surface area contributed by atoms with Crippen molar-refractivity contribution in [3.8, 4) is 56.4 Å². The first kappa shape index (κ1) is 30.7. The SMILES string of the molecule is c1ccc(-c2nc(-c3cccc4c3oc3c(-c5ccccc5)cccc34)nc(-c3cccc4c3sc3c(-c5cccc6ccccc56)cccc34)n2)cc1. The molecule has 11 rings (SSSR count). The van der Waals surface area contributed by atoms with Crippen LogP contribution in [0.5, 0.6) is 0 Å². The van der Waals surface area contributed by atoms with Crippen molar-refractivity contribution in [3.05, 3.63) is 176 Å². The molecule has 0 spiro atoms. The molecule has 54 heavy (non-hydrogen) atoms. The fraction of sp³-hybridized carbons (Fsp3) is 0. The Labute approximate surface area is 314 Å². The van der Waals surface area contributed by atoms with E-state index in [-0.39, 0.29) is 0 Å². The molecule has 3 aromatic heterocycles. The summed E-state index contributed by atoms with van der Waals surface area (Å²) in [7, 11) is 0. The standard InChI is InChI=1S/C49H29N3OS/c1-3-14-31(15-4-1)34-21-10-23-36-37-24-11-28-41(44(37)53-43(34)36)48-50-47(32-17-5-2-6-18-32)51-49(52-48)42-29-13-27-40-39-26-12-25-38(45(39)54-46(40)42)35-22-9-19-30-16-7-8-20-33(30)35/h1-29H. The molecule has 3 heterocycles. The van der Waals surface area contributed by atoms with Gasteiger partial charge in [0.2, 0.25) is 0 Å². The van der Waals surface area contributed by atoms with E-state index in [1.807, 2.05) is 36.4 Å². The Morgan fingerprint density at radius 2 is 0.778 bits per heavy atom. The smallest absolute Gasteiger partial charge is 0.167 e. The van der Waals surface area contributed by atoms with E-state index in [9.17, 15) is 0 Å². The van der Waals surface area contributed by atoms with Crippen molar-refractivity contribution in [1.82, 2.24) is 15.0 Å². The predicted molar refractivity (Wildman–Crippen MR) is 225 cm³/mol. The Hall–Kier alpha value is -6.95. The maximum Gasteiger partial charge on any atom is 0.167 e. The summed E-state index contributed by atoms with van der Waals surface area (Å²) in [6.07, 6.45) is 0. The van der Waals surface area contributed by atoms with Crippen molar-refractivity contribution < 1.29 is 4.42 Å². The van der Waals surface area contributed by atoms with Crippen molar-refractivity contribution in [2.75, 3.05) is 0 Å². The van der Waals surface area contributed by atoms with Gasteiger partial charge in [-0.25, -0.2) is 15.0 Å². The predicted octanol–water partition coefficient (Wildman–Crippen LogP) is 13.6. The van der Waals surface area contributed by atoms with Crippen molar-refractivity contribution >= 4 is 64.2 Å². The summed E-state index contributed by atoms with van der Waals surface area (Å²) < 4.78 is 9.20. The number of thiophene rings is 1. The number of furan rings is 1. The number of hydrogen-bond donors (Lipinski definition) is 0. The van der Waals surface area contributed by atoms with Crippen molar-refractivity contribution in [1.29, 1.82) is 0 Å². The summed E-state index contributed by atoms with van der Waals surface area (Å²) in [5, 5.41) is 6.97. The van der Waals surface area contributed by atoms with Crippen LogP contribution in [-0.2, 0) is 0 Å². The van der Waals surface area contributed by atoms with Gasteiger partial charge in [-0.15, -0.1) is 11.3 Å². The van der Waals surface area contributed by atoms with Gasteiger partial charge in [0.25, 0.3) is 0 Å². The normalized spacial score (nSPS) is 11.7. The zero-order valence-corrected chi connectivity index (χ0v) is 29.7. The van der Waals surface area contributed by atoms with Gasteiger partial charge in [0, 0.05) is 53.2 Å². The number of para-hydroxylation sites is 2. The van der Waals surface area contributed by atoms with Gasteiger partial charge in [-0.2, -0.15) is 0 Å². The van der Waals surface area contributed by atoms with Crippen molar-refractivity contribution in [3.63, 3.8) is 0 Å². The number of fused-ring (bicyclic) bond motifs is 7. The van der Waals surface area contributed by atoms with Gasteiger partial charge < -0.3 is 4.42 Å². The third kappa shape index (κ3) is 4.86. The quantitative estimate of drug-likeness (QED) is 0.179. The minimum Gasteiger partial charge on any atom is -0.455 e. The van der Waals surface area contributed by atoms with Gasteiger partial charge in [-0.3, -0.25) is 0 Å². The molecular formula is C49H29N3OS. The molecule has 0 aliphatic rings. The lowest BCUT2D eigenvalue weighted by atomic mass is 9.97. The Morgan fingerprint density at radius 3 is 1.52 bits per heavy atom. The van der Waals surface area contributed by atoms with E-state index < -0.39 is 0 Å². The molecule has 0 saturated heterocycles. The number of benzene rings is 8. The second-order valence-corrected chi connectivity index (χ2v) is 14.5. The zero-order valence-electron chi connectivity index (χ0n) is 28.9. The third-order valence-corrected chi connectivity index (χ3v) is 11.7. The van der Waals surface area contributed by atoms with Gasteiger partial charge in [0.1, 0.15) is 11.2 Å². The lowest BCUT2D eigenvalue weighted by Crippen LogP contribution is -2.00. The molecule has 8 aromatic carbocycles. The fourth-order valence-electron chi connectivity index (χ4n) is 7.84. The Balaban J connectivity index is 1.14. The summed E-state index contributed by atoms with van der Waals surface area (Å²) in [5.41, 5.74) is 8.94. The van der Waals surface area contributed by atoms with E-state index in [4.69, 9.17) is 19.4 Å². The van der Waals surface area contributed by atoms with Crippen LogP contribution < -0.4 is 0 Å². The van der Waals surface area contributed by atoms with E-state index >= 15 is 0 Å². The Bertz CT molecular complexity index is 3210. The number of nitrogens with zero attached hydrogens (tertiary/aromatic N) is 3. The monoisotopic (exact) mass is 707 g/mol. The lowest BCUT2D eigenvalue weighted by Gasteiger charge is -2.09. The van der Waals surface area contributed by atoms with Gasteiger partial charge in [0.05, 0.1) is 5.56 Å². The van der Waals surface area contributed by atoms with Gasteiger partial charge in [0.15, 0.2) is 17.5 Å². The molecule has 0 radical (unpaired) electrons. The Morgan fingerprint density at radius 1 is 0.315 bits per heavy atom. The lowest BCUT2D eigenvalue weighted by molar-refractivity contribution is 0.670. The van der Waals surface area contributed by atoms with E-state index in [2.05, 4.69) is 140 Å². The maximum atomic E-state index is 6.81. The summed E-state index contributed by atoms with van der Waals surface area (Å²) in [4.78, 5) is 15.6. The maximum absolute atomic E-state index is 6.81. The fourth-order valence-corrected chi connectivity index (χ4v) is 9.18. The first-order valence-corrected chi connectivity index (χ1v) is 18.8. The molecule has 0 fully saturated rings. The van der Waals surface area contributed by atoms with Crippen LogP contribution in [0.1, 0.15) is 0 Å². The highest BCUT2D eigenvalue weighted by atomic mass is 32.1.